The van der Waals surface area contributed by atoms with Crippen LogP contribution in [0.4, 0.5) is 5.82 Å². The van der Waals surface area contributed by atoms with Crippen LogP contribution in [0.2, 0.25) is 5.15 Å². The van der Waals surface area contributed by atoms with E-state index in [-0.39, 0.29) is 65.5 Å². The quantitative estimate of drug-likeness (QED) is 0.0574. The molecule has 1 aliphatic rings. The Balaban J connectivity index is 1.67. The number of rotatable bonds is 17. The highest BCUT2D eigenvalue weighted by Crippen LogP contribution is 2.45. The molecule has 1 aliphatic heterocycles. The molecule has 0 saturated heterocycles. The number of phenolic OH excluding ortho intramolecular Hbond substituents is 1. The number of amides is 4. The molecule has 0 radical (unpaired) electrons. The van der Waals surface area contributed by atoms with Crippen molar-refractivity contribution in [2.75, 3.05) is 45.6 Å². The van der Waals surface area contributed by atoms with Crippen LogP contribution in [0.15, 0.2) is 54.6 Å². The molecule has 4 aromatic rings. The number of hydrogen-bond donors (Lipinski definition) is 12. The molecule has 24 nitrogen and oxygen atoms in total. The minimum absolute atomic E-state index is 0.00562. The highest BCUT2D eigenvalue weighted by molar-refractivity contribution is 7.87. The van der Waals surface area contributed by atoms with Crippen molar-refractivity contribution in [3.05, 3.63) is 82.0 Å². The number of nitrogens with one attached hydrogen (secondary N) is 4. The molecule has 4 bridgehead atoms. The van der Waals surface area contributed by atoms with E-state index in [1.807, 2.05) is 37.6 Å². The zero-order chi connectivity index (χ0) is 52.7. The summed E-state index contributed by atoms with van der Waals surface area (Å²) in [6.07, 6.45) is -2.74. The first-order valence-electron chi connectivity index (χ1n) is 21.9. The van der Waals surface area contributed by atoms with Crippen LogP contribution in [0, 0.1) is 0 Å². The van der Waals surface area contributed by atoms with Gasteiger partial charge in [-0.1, -0.05) is 62.7 Å². The number of ether oxygens (including phenoxy) is 2. The van der Waals surface area contributed by atoms with Crippen LogP contribution in [-0.4, -0.2) is 144 Å². The number of hydrogen-bond acceptors (Lipinski definition) is 17. The first kappa shape index (κ1) is 55.2. The van der Waals surface area contributed by atoms with Gasteiger partial charge in [-0.05, 0) is 53.3 Å². The van der Waals surface area contributed by atoms with E-state index in [0.29, 0.717) is 11.1 Å². The molecule has 0 saturated carbocycles. The molecule has 0 fully saturated rings. The molecule has 16 N–H and O–H groups in total. The number of carboxylic acid groups (broad SMARTS) is 1. The van der Waals surface area contributed by atoms with E-state index in [0.717, 1.165) is 23.6 Å². The number of nitrogens with zero attached hydrogens (tertiary/aromatic N) is 3. The minimum Gasteiger partial charge on any atom is -0.504 e. The lowest BCUT2D eigenvalue weighted by molar-refractivity contribution is -0.143. The van der Waals surface area contributed by atoms with Gasteiger partial charge in [-0.2, -0.15) is 13.1 Å². The van der Waals surface area contributed by atoms with E-state index < -0.39 is 112 Å². The number of aliphatic carboxylic acids is 1. The molecule has 4 amide bonds. The number of phenols is 1. The minimum atomic E-state index is -4.57. The molecule has 0 aliphatic carbocycles. The number of carbonyl (C=O) groups excluding carboxylic acids is 4. The summed E-state index contributed by atoms with van der Waals surface area (Å²) in [5.74, 6) is -7.21. The molecule has 3 unspecified atom stereocenters. The molecular weight excluding hydrogens is 970 g/mol. The van der Waals surface area contributed by atoms with Crippen molar-refractivity contribution >= 4 is 57.2 Å². The third-order valence-corrected chi connectivity index (χ3v) is 12.0. The second kappa shape index (κ2) is 23.0. The highest BCUT2D eigenvalue weighted by Gasteiger charge is 2.38. The summed E-state index contributed by atoms with van der Waals surface area (Å²) in [7, 11) is -3.48. The van der Waals surface area contributed by atoms with E-state index in [2.05, 4.69) is 25.9 Å². The molecule has 2 heterocycles. The summed E-state index contributed by atoms with van der Waals surface area (Å²) in [5, 5.41) is 54.7. The van der Waals surface area contributed by atoms with E-state index in [1.54, 1.807) is 12.1 Å². The SMILES string of the molecule is C[C@@H]1NC(=O)[C@@H](N(C)C(=O)C(CNS(N)(=O)=O)NC(=O)c2c(N)nc(-c3ccc(C(C)(C)C)cc3)nc2Cl)c2cc(OCC(O)CN)c(O)c(c2)-c2cc(ccc2OCC(O)CN)C[C@@H](C(=O)O)NC1=O. The number of anilines is 1. The molecule has 1 aromatic heterocycles. The summed E-state index contributed by atoms with van der Waals surface area (Å²) in [6.45, 7) is 5.06. The van der Waals surface area contributed by atoms with Crippen LogP contribution >= 0.6 is 11.6 Å². The normalized spacial score (nSPS) is 17.6. The standard InChI is InChI=1S/C45H58ClN11O13S/c1-21-40(61)53-30(44(65)66)13-22-6-11-32(69-19-26(58)16-47)28(12-22)29-14-24(15-33(36(29)60)70-20-27(59)17-48)35(42(63)52-21)57(5)43(64)31(18-51-71(50,67)68)54-41(62)34-37(46)55-39(56-38(34)49)23-7-9-25(10-8-23)45(2,3)4/h6-12,14-15,21,26-27,30-31,35,51,58-60H,13,16-20,47-48H2,1-5H3,(H,52,63)(H,53,61)(H,54,62)(H,65,66)(H2,49,55,56)(H2,50,67,68)/t21-,26?,27?,30-,31?,35-/m0/s1. The Morgan fingerprint density at radius 3 is 2.11 bits per heavy atom. The Bertz CT molecular complexity index is 2740. The van der Waals surface area contributed by atoms with Crippen molar-refractivity contribution in [3.63, 3.8) is 0 Å². The van der Waals surface area contributed by atoms with Crippen LogP contribution in [0.25, 0.3) is 22.5 Å². The van der Waals surface area contributed by atoms with Gasteiger partial charge in [-0.15, -0.1) is 0 Å². The van der Waals surface area contributed by atoms with Crippen LogP contribution in [0.5, 0.6) is 17.2 Å². The van der Waals surface area contributed by atoms with E-state index in [1.165, 1.54) is 31.2 Å². The molecule has 384 valence electrons. The predicted molar refractivity (Wildman–Crippen MR) is 259 cm³/mol. The monoisotopic (exact) mass is 1030 g/mol. The van der Waals surface area contributed by atoms with Gasteiger partial charge in [0, 0.05) is 49.8 Å². The van der Waals surface area contributed by atoms with Crippen molar-refractivity contribution in [3.8, 4) is 39.8 Å². The number of aromatic hydroxyl groups is 1. The van der Waals surface area contributed by atoms with Crippen molar-refractivity contribution in [2.24, 2.45) is 16.6 Å². The van der Waals surface area contributed by atoms with Gasteiger partial charge >= 0.3 is 5.97 Å². The Labute approximate surface area is 413 Å². The fourth-order valence-electron chi connectivity index (χ4n) is 7.20. The van der Waals surface area contributed by atoms with Gasteiger partial charge in [-0.25, -0.2) is 19.9 Å². The maximum atomic E-state index is 14.8. The van der Waals surface area contributed by atoms with Gasteiger partial charge in [0.2, 0.25) is 17.7 Å². The lowest BCUT2D eigenvalue weighted by atomic mass is 9.87. The van der Waals surface area contributed by atoms with Gasteiger partial charge in [0.15, 0.2) is 17.3 Å². The molecule has 5 rings (SSSR count). The number of aromatic nitrogens is 2. The Kier molecular flexibility index (Phi) is 17.9. The topological polar surface area (TPSA) is 400 Å². The second-order valence-corrected chi connectivity index (χ2v) is 19.4. The number of carboxylic acids is 1. The zero-order valence-electron chi connectivity index (χ0n) is 39.3. The number of benzene rings is 3. The number of likely N-dealkylation sites (N-methyl/N-ethyl adjacent to an activating group) is 1. The lowest BCUT2D eigenvalue weighted by Crippen LogP contribution is -2.57. The van der Waals surface area contributed by atoms with E-state index in [9.17, 15) is 52.8 Å². The molecular formula is C45H58ClN11O13S. The molecule has 0 spiro atoms. The van der Waals surface area contributed by atoms with Gasteiger partial charge < -0.3 is 68.0 Å². The van der Waals surface area contributed by atoms with E-state index >= 15 is 0 Å². The Hall–Kier alpha value is -6.71. The number of carbonyl (C=O) groups is 5. The number of aliphatic hydroxyl groups excluding tert-OH is 2. The third kappa shape index (κ3) is 14.0. The summed E-state index contributed by atoms with van der Waals surface area (Å²) in [6, 6.07) is 7.04. The van der Waals surface area contributed by atoms with Crippen molar-refractivity contribution in [1.82, 2.24) is 35.5 Å². The maximum Gasteiger partial charge on any atom is 0.326 e. The number of fused-ring (bicyclic) bond motifs is 5. The van der Waals surface area contributed by atoms with Gasteiger partial charge in [0.25, 0.3) is 16.1 Å². The number of halogens is 1. The first-order valence-corrected chi connectivity index (χ1v) is 23.8. The largest absolute Gasteiger partial charge is 0.504 e. The van der Waals surface area contributed by atoms with Gasteiger partial charge in [0.1, 0.15) is 71.9 Å². The van der Waals surface area contributed by atoms with Gasteiger partial charge in [-0.3, -0.25) is 19.2 Å². The smallest absolute Gasteiger partial charge is 0.326 e. The van der Waals surface area contributed by atoms with Crippen molar-refractivity contribution in [2.45, 2.75) is 75.9 Å². The average Bonchev–Trinajstić information content (AvgIpc) is 3.30. The molecule has 3 aromatic carbocycles. The average molecular weight is 1030 g/mol. The second-order valence-electron chi connectivity index (χ2n) is 17.7. The Morgan fingerprint density at radius 1 is 0.930 bits per heavy atom. The van der Waals surface area contributed by atoms with Crippen LogP contribution in [-0.2, 0) is 41.2 Å². The molecule has 6 atom stereocenters. The fraction of sp³-hybridized carbons (Fsp3) is 0.400. The maximum absolute atomic E-state index is 14.8. The zero-order valence-corrected chi connectivity index (χ0v) is 40.9. The van der Waals surface area contributed by atoms with Crippen molar-refractivity contribution < 1.29 is 62.3 Å². The third-order valence-electron chi connectivity index (χ3n) is 11.2. The predicted octanol–water partition coefficient (Wildman–Crippen LogP) is -0.832. The van der Waals surface area contributed by atoms with E-state index in [4.69, 9.17) is 43.4 Å². The van der Waals surface area contributed by atoms with Crippen LogP contribution in [0.3, 0.4) is 0 Å². The summed E-state index contributed by atoms with van der Waals surface area (Å²) < 4.78 is 38.2. The van der Waals surface area contributed by atoms with Crippen LogP contribution in [0.1, 0.15) is 60.8 Å². The first-order chi connectivity index (χ1) is 33.2. The number of nitrogens with two attached hydrogens (primary N) is 4. The van der Waals surface area contributed by atoms with Crippen molar-refractivity contribution in [1.29, 1.82) is 0 Å². The molecule has 71 heavy (non-hydrogen) atoms. The number of nitrogen functional groups attached to an aromatic ring is 1. The number of aliphatic hydroxyl groups is 2. The van der Waals surface area contributed by atoms with Crippen LogP contribution < -0.4 is 52.5 Å². The molecule has 26 heteroatoms. The summed E-state index contributed by atoms with van der Waals surface area (Å²) in [4.78, 5) is 78.9. The lowest BCUT2D eigenvalue weighted by Gasteiger charge is -2.33. The summed E-state index contributed by atoms with van der Waals surface area (Å²) in [5.41, 5.74) is 18.3. The highest BCUT2D eigenvalue weighted by atomic mass is 35.5. The Morgan fingerprint density at radius 2 is 1.55 bits per heavy atom. The fourth-order valence-corrected chi connectivity index (χ4v) is 7.86. The summed E-state index contributed by atoms with van der Waals surface area (Å²) >= 11 is 6.54. The van der Waals surface area contributed by atoms with Gasteiger partial charge in [0.05, 0.1) is 0 Å².